The molecule has 152 valence electrons. The molecule has 2 aromatic carbocycles. The number of hydrogen-bond donors (Lipinski definition) is 0. The molecule has 0 bridgehead atoms. The summed E-state index contributed by atoms with van der Waals surface area (Å²) in [6.45, 7) is -0.711. The monoisotopic (exact) mass is 419 g/mol. The Labute approximate surface area is 158 Å². The summed E-state index contributed by atoms with van der Waals surface area (Å²) in [5.41, 5.74) is -4.09. The van der Waals surface area contributed by atoms with Gasteiger partial charge in [0.2, 0.25) is 5.82 Å². The molecule has 29 heavy (non-hydrogen) atoms. The van der Waals surface area contributed by atoms with E-state index in [1.165, 1.54) is 0 Å². The van der Waals surface area contributed by atoms with Crippen molar-refractivity contribution in [3.8, 4) is 35.0 Å². The maximum absolute atomic E-state index is 15.1. The molecule has 0 aromatic heterocycles. The van der Waals surface area contributed by atoms with Gasteiger partial charge in [0.25, 0.3) is 6.30 Å². The van der Waals surface area contributed by atoms with E-state index in [4.69, 9.17) is 6.42 Å². The predicted octanol–water partition coefficient (Wildman–Crippen LogP) is 3.85. The minimum Gasteiger partial charge on any atom is -0.491 e. The second-order valence-corrected chi connectivity index (χ2v) is 5.65. The molecule has 1 aliphatic rings. The molecule has 0 N–H and O–H groups in total. The molecule has 0 amide bonds. The number of terminal acetylenes is 1. The number of anilines is 1. The Bertz CT molecular complexity index is 1080. The number of carbonyl (C=O) groups is 1. The number of halogens is 7. The van der Waals surface area contributed by atoms with Crippen LogP contribution in [-0.4, -0.2) is 25.9 Å². The van der Waals surface area contributed by atoms with Crippen molar-refractivity contribution in [2.24, 2.45) is 0 Å². The van der Waals surface area contributed by atoms with Gasteiger partial charge in [-0.3, -0.25) is 0 Å². The summed E-state index contributed by atoms with van der Waals surface area (Å²) < 4.78 is 109. The van der Waals surface area contributed by atoms with Gasteiger partial charge in [0, 0.05) is 6.07 Å². The molecule has 0 aliphatic carbocycles. The number of carbonyl (C=O) groups excluding carboxylic acids is 1. The molecule has 1 atom stereocenters. The SMILES string of the molecule is C#CCN1c2c(cc(F)c(-c3c(F)c(F)c(F)c(OC)c3F)c2F)OC(=O)C1F. The molecule has 1 aliphatic heterocycles. The van der Waals surface area contributed by atoms with Crippen LogP contribution in [0.1, 0.15) is 0 Å². The molecule has 11 heteroatoms. The largest absolute Gasteiger partial charge is 0.491 e. The molecule has 3 rings (SSSR count). The Balaban J connectivity index is 2.40. The molecular formula is C18H8F7NO3. The van der Waals surface area contributed by atoms with Gasteiger partial charge >= 0.3 is 5.97 Å². The molecule has 1 heterocycles. The van der Waals surface area contributed by atoms with E-state index in [1.807, 2.05) is 5.92 Å². The molecular weight excluding hydrogens is 411 g/mol. The fourth-order valence-corrected chi connectivity index (χ4v) is 2.83. The topological polar surface area (TPSA) is 38.8 Å². The van der Waals surface area contributed by atoms with Crippen LogP contribution in [0.2, 0.25) is 0 Å². The number of alkyl halides is 1. The van der Waals surface area contributed by atoms with E-state index < -0.39 is 82.0 Å². The first-order valence-corrected chi connectivity index (χ1v) is 7.63. The van der Waals surface area contributed by atoms with E-state index in [9.17, 15) is 31.1 Å². The van der Waals surface area contributed by atoms with E-state index in [2.05, 4.69) is 9.47 Å². The number of benzene rings is 2. The summed E-state index contributed by atoms with van der Waals surface area (Å²) in [4.78, 5) is 11.9. The van der Waals surface area contributed by atoms with Crippen LogP contribution in [0.4, 0.5) is 36.4 Å². The van der Waals surface area contributed by atoms with Crippen molar-refractivity contribution in [3.63, 3.8) is 0 Å². The van der Waals surface area contributed by atoms with Crippen LogP contribution in [0.25, 0.3) is 11.1 Å². The Morgan fingerprint density at radius 3 is 2.31 bits per heavy atom. The number of nitrogens with zero attached hydrogens (tertiary/aromatic N) is 1. The normalized spacial score (nSPS) is 15.6. The Hall–Kier alpha value is -3.42. The maximum Gasteiger partial charge on any atom is 0.367 e. The highest BCUT2D eigenvalue weighted by Gasteiger charge is 2.40. The van der Waals surface area contributed by atoms with Crippen molar-refractivity contribution in [2.75, 3.05) is 18.6 Å². The minimum atomic E-state index is -2.61. The lowest BCUT2D eigenvalue weighted by molar-refractivity contribution is -0.140. The molecule has 0 fully saturated rings. The van der Waals surface area contributed by atoms with E-state index in [1.54, 1.807) is 0 Å². The average Bonchev–Trinajstić information content (AvgIpc) is 2.66. The summed E-state index contributed by atoms with van der Waals surface area (Å²) in [5, 5.41) is 0. The first kappa shape index (κ1) is 20.3. The number of fused-ring (bicyclic) bond motifs is 1. The minimum absolute atomic E-state index is 0.327. The average molecular weight is 419 g/mol. The lowest BCUT2D eigenvalue weighted by atomic mass is 9.99. The van der Waals surface area contributed by atoms with Gasteiger partial charge in [-0.2, -0.15) is 4.39 Å². The van der Waals surface area contributed by atoms with Crippen LogP contribution in [0.15, 0.2) is 6.07 Å². The van der Waals surface area contributed by atoms with Crippen molar-refractivity contribution in [3.05, 3.63) is 41.0 Å². The highest BCUT2D eigenvalue weighted by atomic mass is 19.2. The Morgan fingerprint density at radius 2 is 1.72 bits per heavy atom. The fraction of sp³-hybridized carbons (Fsp3) is 0.167. The van der Waals surface area contributed by atoms with Crippen LogP contribution in [-0.2, 0) is 4.79 Å². The third-order valence-electron chi connectivity index (χ3n) is 4.06. The number of rotatable bonds is 3. The van der Waals surface area contributed by atoms with Crippen LogP contribution >= 0.6 is 0 Å². The lowest BCUT2D eigenvalue weighted by Gasteiger charge is -2.32. The van der Waals surface area contributed by atoms with Gasteiger partial charge in [0.05, 0.1) is 24.8 Å². The molecule has 2 aromatic rings. The Kier molecular flexibility index (Phi) is 5.04. The lowest BCUT2D eigenvalue weighted by Crippen LogP contribution is -2.45. The molecule has 0 spiro atoms. The zero-order valence-corrected chi connectivity index (χ0v) is 14.3. The number of esters is 1. The quantitative estimate of drug-likeness (QED) is 0.144. The maximum atomic E-state index is 15.1. The standard InChI is InChI=1S/C18H8F7NO3/c1-3-4-26-15-7(29-18(27)17(26)25)5-6(19)8(11(15)21)9-10(20)13(23)14(24)16(28-2)12(9)22/h1,5,17H,4H2,2H3. The van der Waals surface area contributed by atoms with Crippen molar-refractivity contribution in [2.45, 2.75) is 6.30 Å². The van der Waals surface area contributed by atoms with Crippen LogP contribution in [0.3, 0.4) is 0 Å². The molecule has 1 unspecified atom stereocenters. The van der Waals surface area contributed by atoms with Gasteiger partial charge in [-0.15, -0.1) is 6.42 Å². The van der Waals surface area contributed by atoms with Gasteiger partial charge in [-0.05, 0) is 0 Å². The summed E-state index contributed by atoms with van der Waals surface area (Å²) in [6.07, 6.45) is 2.43. The molecule has 0 saturated heterocycles. The molecule has 4 nitrogen and oxygen atoms in total. The number of methoxy groups -OCH3 is 1. The van der Waals surface area contributed by atoms with E-state index in [-0.39, 0.29) is 0 Å². The predicted molar refractivity (Wildman–Crippen MR) is 84.9 cm³/mol. The second-order valence-electron chi connectivity index (χ2n) is 5.65. The number of ether oxygens (including phenoxy) is 2. The molecule has 0 radical (unpaired) electrons. The third kappa shape index (κ3) is 2.91. The number of hydrogen-bond acceptors (Lipinski definition) is 4. The van der Waals surface area contributed by atoms with Crippen molar-refractivity contribution >= 4 is 11.7 Å². The first-order chi connectivity index (χ1) is 13.6. The zero-order valence-electron chi connectivity index (χ0n) is 14.3. The van der Waals surface area contributed by atoms with Crippen molar-refractivity contribution < 1.29 is 45.0 Å². The Morgan fingerprint density at radius 1 is 1.07 bits per heavy atom. The zero-order chi connectivity index (χ0) is 21.6. The van der Waals surface area contributed by atoms with Crippen molar-refractivity contribution in [1.82, 2.24) is 0 Å². The highest BCUT2D eigenvalue weighted by molar-refractivity contribution is 5.89. The first-order valence-electron chi connectivity index (χ1n) is 7.63. The van der Waals surface area contributed by atoms with Crippen LogP contribution < -0.4 is 14.4 Å². The van der Waals surface area contributed by atoms with Gasteiger partial charge in [-0.25, -0.2) is 31.1 Å². The van der Waals surface area contributed by atoms with Crippen LogP contribution in [0, 0.1) is 47.2 Å². The third-order valence-corrected chi connectivity index (χ3v) is 4.06. The summed E-state index contributed by atoms with van der Waals surface area (Å²) in [7, 11) is 0.712. The summed E-state index contributed by atoms with van der Waals surface area (Å²) in [5.74, 6) is -13.9. The van der Waals surface area contributed by atoms with Crippen molar-refractivity contribution in [1.29, 1.82) is 0 Å². The van der Waals surface area contributed by atoms with E-state index >= 15 is 4.39 Å². The van der Waals surface area contributed by atoms with E-state index in [0.29, 0.717) is 18.1 Å². The molecule has 0 saturated carbocycles. The highest BCUT2D eigenvalue weighted by Crippen LogP contribution is 2.45. The van der Waals surface area contributed by atoms with Gasteiger partial charge < -0.3 is 14.4 Å². The second kappa shape index (κ2) is 7.20. The van der Waals surface area contributed by atoms with Crippen LogP contribution in [0.5, 0.6) is 11.5 Å². The van der Waals surface area contributed by atoms with Gasteiger partial charge in [0.15, 0.2) is 34.8 Å². The van der Waals surface area contributed by atoms with Gasteiger partial charge in [0.1, 0.15) is 11.5 Å². The van der Waals surface area contributed by atoms with Gasteiger partial charge in [-0.1, -0.05) is 5.92 Å². The smallest absolute Gasteiger partial charge is 0.367 e. The summed E-state index contributed by atoms with van der Waals surface area (Å²) in [6, 6.07) is 0.327. The van der Waals surface area contributed by atoms with E-state index in [0.717, 1.165) is 0 Å². The summed E-state index contributed by atoms with van der Waals surface area (Å²) >= 11 is 0. The fourth-order valence-electron chi connectivity index (χ4n) is 2.83.